The standard InChI is InChI=1S/C21H16Cl2N2O3S/c1-28-21-18(12-11-15(22)20(21)23)29(26,27)25-17-10-6-5-9-16(17)24-19(25)13-14-7-3-2-4-8-14/h2-12H,13H2,1H3. The van der Waals surface area contributed by atoms with Gasteiger partial charge in [-0.2, -0.15) is 0 Å². The molecule has 0 saturated heterocycles. The molecule has 0 unspecified atom stereocenters. The number of ether oxygens (including phenoxy) is 1. The summed E-state index contributed by atoms with van der Waals surface area (Å²) < 4.78 is 33.9. The third-order valence-electron chi connectivity index (χ3n) is 4.53. The van der Waals surface area contributed by atoms with E-state index in [2.05, 4.69) is 4.98 Å². The van der Waals surface area contributed by atoms with Crippen molar-refractivity contribution in [3.05, 3.63) is 88.2 Å². The Morgan fingerprint density at radius 2 is 1.66 bits per heavy atom. The van der Waals surface area contributed by atoms with E-state index in [4.69, 9.17) is 27.9 Å². The van der Waals surface area contributed by atoms with E-state index in [0.717, 1.165) is 5.56 Å². The highest BCUT2D eigenvalue weighted by Crippen LogP contribution is 2.39. The maximum absolute atomic E-state index is 13.7. The molecule has 3 aromatic carbocycles. The van der Waals surface area contributed by atoms with Crippen molar-refractivity contribution in [2.75, 3.05) is 7.11 Å². The molecule has 8 heteroatoms. The first-order valence-corrected chi connectivity index (χ1v) is 10.9. The van der Waals surface area contributed by atoms with Crippen molar-refractivity contribution in [2.24, 2.45) is 0 Å². The largest absolute Gasteiger partial charge is 0.494 e. The zero-order valence-corrected chi connectivity index (χ0v) is 17.7. The lowest BCUT2D eigenvalue weighted by molar-refractivity contribution is 0.402. The highest BCUT2D eigenvalue weighted by molar-refractivity contribution is 7.90. The molecule has 148 valence electrons. The molecule has 4 rings (SSSR count). The molecule has 5 nitrogen and oxygen atoms in total. The minimum Gasteiger partial charge on any atom is -0.494 e. The van der Waals surface area contributed by atoms with Crippen LogP contribution in [0.15, 0.2) is 71.6 Å². The summed E-state index contributed by atoms with van der Waals surface area (Å²) in [4.78, 5) is 4.50. The van der Waals surface area contributed by atoms with Gasteiger partial charge in [0.2, 0.25) is 0 Å². The number of rotatable bonds is 5. The van der Waals surface area contributed by atoms with Crippen LogP contribution in [0.4, 0.5) is 0 Å². The second kappa shape index (κ2) is 7.71. The van der Waals surface area contributed by atoms with E-state index >= 15 is 0 Å². The Kier molecular flexibility index (Phi) is 5.25. The number of halogens is 2. The van der Waals surface area contributed by atoms with E-state index in [1.165, 1.54) is 23.2 Å². The highest BCUT2D eigenvalue weighted by Gasteiger charge is 2.29. The zero-order chi connectivity index (χ0) is 20.6. The second-order valence-electron chi connectivity index (χ2n) is 6.34. The number of nitrogens with zero attached hydrogens (tertiary/aromatic N) is 2. The summed E-state index contributed by atoms with van der Waals surface area (Å²) in [6, 6.07) is 19.5. The van der Waals surface area contributed by atoms with Gasteiger partial charge in [0.25, 0.3) is 10.0 Å². The van der Waals surface area contributed by atoms with E-state index in [9.17, 15) is 8.42 Å². The molecule has 0 spiro atoms. The van der Waals surface area contributed by atoms with Gasteiger partial charge in [-0.25, -0.2) is 17.4 Å². The summed E-state index contributed by atoms with van der Waals surface area (Å²) in [5.74, 6) is 0.396. The van der Waals surface area contributed by atoms with Crippen LogP contribution in [0.5, 0.6) is 5.75 Å². The van der Waals surface area contributed by atoms with Crippen LogP contribution < -0.4 is 4.74 Å². The lowest BCUT2D eigenvalue weighted by atomic mass is 10.1. The highest BCUT2D eigenvalue weighted by atomic mass is 35.5. The van der Waals surface area contributed by atoms with Crippen molar-refractivity contribution < 1.29 is 13.2 Å². The van der Waals surface area contributed by atoms with Crippen LogP contribution in [0.3, 0.4) is 0 Å². The lowest BCUT2D eigenvalue weighted by Crippen LogP contribution is -2.17. The molecule has 4 aromatic rings. The SMILES string of the molecule is COc1c(S(=O)(=O)n2c(Cc3ccccc3)nc3ccccc32)ccc(Cl)c1Cl. The number of fused-ring (bicyclic) bond motifs is 1. The van der Waals surface area contributed by atoms with Crippen molar-refractivity contribution in [3.63, 3.8) is 0 Å². The Morgan fingerprint density at radius 3 is 2.38 bits per heavy atom. The average molecular weight is 447 g/mol. The monoisotopic (exact) mass is 446 g/mol. The van der Waals surface area contributed by atoms with E-state index in [1.54, 1.807) is 18.2 Å². The summed E-state index contributed by atoms with van der Waals surface area (Å²) in [5.41, 5.74) is 2.01. The Balaban J connectivity index is 1.98. The quantitative estimate of drug-likeness (QED) is 0.423. The Bertz CT molecular complexity index is 1300. The number of imidazole rings is 1. The van der Waals surface area contributed by atoms with Crippen LogP contribution in [0.1, 0.15) is 11.4 Å². The van der Waals surface area contributed by atoms with Gasteiger partial charge >= 0.3 is 0 Å². The number of methoxy groups -OCH3 is 1. The van der Waals surface area contributed by atoms with Crippen molar-refractivity contribution in [3.8, 4) is 5.75 Å². The third-order valence-corrected chi connectivity index (χ3v) is 7.08. The van der Waals surface area contributed by atoms with E-state index in [-0.39, 0.29) is 20.7 Å². The average Bonchev–Trinajstić information content (AvgIpc) is 3.09. The summed E-state index contributed by atoms with van der Waals surface area (Å²) >= 11 is 12.3. The van der Waals surface area contributed by atoms with Gasteiger partial charge in [-0.3, -0.25) is 0 Å². The minimum atomic E-state index is -4.07. The molecule has 0 aliphatic heterocycles. The van der Waals surface area contributed by atoms with Crippen LogP contribution in [-0.4, -0.2) is 24.5 Å². The van der Waals surface area contributed by atoms with Gasteiger partial charge in [-0.15, -0.1) is 0 Å². The first-order chi connectivity index (χ1) is 13.9. The summed E-state index contributed by atoms with van der Waals surface area (Å²) in [7, 11) is -2.71. The molecule has 0 aliphatic rings. The molecule has 0 aliphatic carbocycles. The van der Waals surface area contributed by atoms with E-state index in [0.29, 0.717) is 23.3 Å². The molecule has 0 bridgehead atoms. The van der Waals surface area contributed by atoms with Gasteiger partial charge in [0.15, 0.2) is 5.75 Å². The van der Waals surface area contributed by atoms with Gasteiger partial charge in [-0.1, -0.05) is 65.7 Å². The predicted molar refractivity (Wildman–Crippen MR) is 115 cm³/mol. The molecule has 1 aromatic heterocycles. The molecule has 0 amide bonds. The van der Waals surface area contributed by atoms with Gasteiger partial charge < -0.3 is 4.74 Å². The number of aromatic nitrogens is 2. The fourth-order valence-corrected chi connectivity index (χ4v) is 5.32. The number of benzene rings is 3. The van der Waals surface area contributed by atoms with Gasteiger partial charge in [0.1, 0.15) is 15.7 Å². The first-order valence-electron chi connectivity index (χ1n) is 8.71. The normalized spacial score (nSPS) is 11.7. The van der Waals surface area contributed by atoms with Crippen molar-refractivity contribution in [2.45, 2.75) is 11.3 Å². The number of para-hydroxylation sites is 2. The van der Waals surface area contributed by atoms with Crippen molar-refractivity contribution >= 4 is 44.3 Å². The number of hydrogen-bond acceptors (Lipinski definition) is 4. The van der Waals surface area contributed by atoms with Gasteiger partial charge in [-0.05, 0) is 29.8 Å². The van der Waals surface area contributed by atoms with Crippen LogP contribution in [0.2, 0.25) is 10.0 Å². The van der Waals surface area contributed by atoms with E-state index in [1.807, 2.05) is 36.4 Å². The molecule has 1 heterocycles. The van der Waals surface area contributed by atoms with Gasteiger partial charge in [0, 0.05) is 6.42 Å². The maximum Gasteiger partial charge on any atom is 0.273 e. The molecule has 0 atom stereocenters. The van der Waals surface area contributed by atoms with Crippen LogP contribution >= 0.6 is 23.2 Å². The Labute approximate surface area is 178 Å². The summed E-state index contributed by atoms with van der Waals surface area (Å²) in [5, 5.41) is 0.256. The molecule has 0 radical (unpaired) electrons. The van der Waals surface area contributed by atoms with Crippen molar-refractivity contribution in [1.29, 1.82) is 0 Å². The fourth-order valence-electron chi connectivity index (χ4n) is 3.22. The molecular formula is C21H16Cl2N2O3S. The van der Waals surface area contributed by atoms with Crippen LogP contribution in [-0.2, 0) is 16.4 Å². The zero-order valence-electron chi connectivity index (χ0n) is 15.3. The van der Waals surface area contributed by atoms with Crippen LogP contribution in [0.25, 0.3) is 11.0 Å². The minimum absolute atomic E-state index is 0.00242. The second-order valence-corrected chi connectivity index (χ2v) is 8.88. The van der Waals surface area contributed by atoms with E-state index < -0.39 is 10.0 Å². The van der Waals surface area contributed by atoms with Crippen molar-refractivity contribution in [1.82, 2.24) is 8.96 Å². The Hall–Kier alpha value is -2.54. The molecule has 0 fully saturated rings. The fraction of sp³-hybridized carbons (Fsp3) is 0.0952. The number of hydrogen-bond donors (Lipinski definition) is 0. The van der Waals surface area contributed by atoms with Crippen LogP contribution in [0, 0.1) is 0 Å². The summed E-state index contributed by atoms with van der Waals surface area (Å²) in [6.07, 6.45) is 0.346. The molecule has 0 N–H and O–H groups in total. The molecule has 0 saturated carbocycles. The molecular weight excluding hydrogens is 431 g/mol. The summed E-state index contributed by atoms with van der Waals surface area (Å²) in [6.45, 7) is 0. The molecule has 29 heavy (non-hydrogen) atoms. The topological polar surface area (TPSA) is 61.2 Å². The lowest BCUT2D eigenvalue weighted by Gasteiger charge is -2.15. The smallest absolute Gasteiger partial charge is 0.273 e. The van der Waals surface area contributed by atoms with Gasteiger partial charge in [0.05, 0.1) is 23.2 Å². The maximum atomic E-state index is 13.7. The first kappa shape index (κ1) is 19.8. The Morgan fingerprint density at radius 1 is 0.966 bits per heavy atom. The third kappa shape index (κ3) is 3.48. The predicted octanol–water partition coefficient (Wildman–Crippen LogP) is 5.18.